The Morgan fingerprint density at radius 2 is 2.24 bits per heavy atom. The fourth-order valence-corrected chi connectivity index (χ4v) is 1.37. The molecule has 0 unspecified atom stereocenters. The lowest BCUT2D eigenvalue weighted by molar-refractivity contribution is -0.297. The highest BCUT2D eigenvalue weighted by Gasteiger charge is 2.02. The quantitative estimate of drug-likeness (QED) is 0.690. The molecule has 1 rings (SSSR count). The summed E-state index contributed by atoms with van der Waals surface area (Å²) in [6, 6.07) is 5.38. The number of benzene rings is 1. The molecule has 0 saturated heterocycles. The van der Waals surface area contributed by atoms with E-state index in [2.05, 4.69) is 0 Å². The first-order valence-corrected chi connectivity index (χ1v) is 5.31. The summed E-state index contributed by atoms with van der Waals surface area (Å²) in [4.78, 5) is 10.4. The Kier molecular flexibility index (Phi) is 5.23. The van der Waals surface area contributed by atoms with Crippen molar-refractivity contribution in [1.82, 2.24) is 0 Å². The number of carbonyl (C=O) groups excluding carboxylic acids is 1. The monoisotopic (exact) mass is 235 g/mol. The van der Waals surface area contributed by atoms with Gasteiger partial charge < -0.3 is 19.4 Å². The third-order valence-electron chi connectivity index (χ3n) is 2.21. The Bertz CT molecular complexity index is 410. The fourth-order valence-electron chi connectivity index (χ4n) is 1.37. The SMILES string of the molecule is CCOCc1cc(OC)ccc1/C=C/C(=O)[O-]. The van der Waals surface area contributed by atoms with Crippen LogP contribution in [0, 0.1) is 0 Å². The average Bonchev–Trinajstić information content (AvgIpc) is 2.34. The third-order valence-corrected chi connectivity index (χ3v) is 2.21. The highest BCUT2D eigenvalue weighted by Crippen LogP contribution is 2.19. The molecule has 0 aromatic heterocycles. The highest BCUT2D eigenvalue weighted by molar-refractivity contribution is 5.83. The van der Waals surface area contributed by atoms with E-state index in [1.54, 1.807) is 19.2 Å². The maximum atomic E-state index is 10.4. The van der Waals surface area contributed by atoms with Crippen molar-refractivity contribution in [3.63, 3.8) is 0 Å². The van der Waals surface area contributed by atoms with Crippen molar-refractivity contribution in [1.29, 1.82) is 0 Å². The first-order valence-electron chi connectivity index (χ1n) is 5.31. The first-order chi connectivity index (χ1) is 8.17. The van der Waals surface area contributed by atoms with E-state index in [-0.39, 0.29) is 0 Å². The molecule has 92 valence electrons. The van der Waals surface area contributed by atoms with Crippen LogP contribution in [0.3, 0.4) is 0 Å². The molecule has 0 aliphatic heterocycles. The van der Waals surface area contributed by atoms with Crippen molar-refractivity contribution in [3.05, 3.63) is 35.4 Å². The second-order valence-electron chi connectivity index (χ2n) is 3.35. The molecule has 0 atom stereocenters. The Hall–Kier alpha value is -1.81. The maximum Gasteiger partial charge on any atom is 0.119 e. The largest absolute Gasteiger partial charge is 0.545 e. The van der Waals surface area contributed by atoms with Gasteiger partial charge >= 0.3 is 0 Å². The minimum atomic E-state index is -1.22. The molecule has 0 spiro atoms. The van der Waals surface area contributed by atoms with E-state index in [9.17, 15) is 9.90 Å². The lowest BCUT2D eigenvalue weighted by Gasteiger charge is -2.09. The van der Waals surface area contributed by atoms with Gasteiger partial charge in [-0.3, -0.25) is 0 Å². The number of carboxylic acids is 1. The maximum absolute atomic E-state index is 10.4. The molecule has 0 aliphatic carbocycles. The van der Waals surface area contributed by atoms with Crippen LogP contribution < -0.4 is 9.84 Å². The molecular weight excluding hydrogens is 220 g/mol. The minimum Gasteiger partial charge on any atom is -0.545 e. The second-order valence-corrected chi connectivity index (χ2v) is 3.35. The molecule has 0 saturated carbocycles. The van der Waals surface area contributed by atoms with Crippen LogP contribution in [-0.4, -0.2) is 19.7 Å². The summed E-state index contributed by atoms with van der Waals surface area (Å²) in [5, 5.41) is 10.4. The number of ether oxygens (including phenoxy) is 2. The molecule has 0 N–H and O–H groups in total. The van der Waals surface area contributed by atoms with Gasteiger partial charge in [0.1, 0.15) is 5.75 Å². The molecule has 17 heavy (non-hydrogen) atoms. The molecule has 1 aromatic carbocycles. The molecule has 0 fully saturated rings. The Balaban J connectivity index is 2.97. The van der Waals surface area contributed by atoms with E-state index >= 15 is 0 Å². The van der Waals surface area contributed by atoms with Gasteiger partial charge in [0, 0.05) is 6.61 Å². The Morgan fingerprint density at radius 1 is 1.47 bits per heavy atom. The number of rotatable bonds is 6. The van der Waals surface area contributed by atoms with Crippen LogP contribution in [0.2, 0.25) is 0 Å². The Morgan fingerprint density at radius 3 is 2.82 bits per heavy atom. The van der Waals surface area contributed by atoms with Crippen LogP contribution in [-0.2, 0) is 16.1 Å². The normalized spacial score (nSPS) is 10.7. The van der Waals surface area contributed by atoms with Crippen molar-refractivity contribution >= 4 is 12.0 Å². The zero-order valence-electron chi connectivity index (χ0n) is 9.93. The summed E-state index contributed by atoms with van der Waals surface area (Å²) in [5.41, 5.74) is 1.66. The lowest BCUT2D eigenvalue weighted by atomic mass is 10.1. The summed E-state index contributed by atoms with van der Waals surface area (Å²) >= 11 is 0. The molecule has 0 aliphatic rings. The van der Waals surface area contributed by atoms with Gasteiger partial charge in [0.05, 0.1) is 19.7 Å². The van der Waals surface area contributed by atoms with Gasteiger partial charge in [0.15, 0.2) is 0 Å². The number of hydrogen-bond donors (Lipinski definition) is 0. The average molecular weight is 235 g/mol. The molecule has 0 amide bonds. The van der Waals surface area contributed by atoms with Gasteiger partial charge in [0.25, 0.3) is 0 Å². The van der Waals surface area contributed by atoms with Gasteiger partial charge in [0.2, 0.25) is 0 Å². The van der Waals surface area contributed by atoms with E-state index in [1.165, 1.54) is 6.08 Å². The van der Waals surface area contributed by atoms with Crippen LogP contribution >= 0.6 is 0 Å². The van der Waals surface area contributed by atoms with Gasteiger partial charge in [-0.15, -0.1) is 0 Å². The second kappa shape index (κ2) is 6.70. The zero-order chi connectivity index (χ0) is 12.7. The predicted octanol–water partition coefficient (Wildman–Crippen LogP) is 0.995. The predicted molar refractivity (Wildman–Crippen MR) is 62.4 cm³/mol. The molecule has 4 nitrogen and oxygen atoms in total. The number of carbonyl (C=O) groups is 1. The highest BCUT2D eigenvalue weighted by atomic mass is 16.5. The number of aliphatic carboxylic acids is 1. The van der Waals surface area contributed by atoms with Crippen LogP contribution in [0.25, 0.3) is 6.08 Å². The zero-order valence-corrected chi connectivity index (χ0v) is 9.93. The van der Waals surface area contributed by atoms with E-state index in [1.807, 2.05) is 13.0 Å². The molecule has 1 aromatic rings. The van der Waals surface area contributed by atoms with E-state index < -0.39 is 5.97 Å². The number of carboxylic acid groups (broad SMARTS) is 1. The van der Waals surface area contributed by atoms with Gasteiger partial charge in [-0.05, 0) is 36.3 Å². The van der Waals surface area contributed by atoms with Gasteiger partial charge in [-0.1, -0.05) is 12.1 Å². The van der Waals surface area contributed by atoms with Crippen molar-refractivity contribution in [2.75, 3.05) is 13.7 Å². The third kappa shape index (κ3) is 4.28. The minimum absolute atomic E-state index is 0.417. The van der Waals surface area contributed by atoms with Crippen LogP contribution in [0.4, 0.5) is 0 Å². The summed E-state index contributed by atoms with van der Waals surface area (Å²) in [5.74, 6) is -0.506. The van der Waals surface area contributed by atoms with Crippen LogP contribution in [0.5, 0.6) is 5.75 Å². The van der Waals surface area contributed by atoms with Gasteiger partial charge in [-0.25, -0.2) is 0 Å². The Labute approximate surface area is 100 Å². The van der Waals surface area contributed by atoms with E-state index in [0.717, 1.165) is 17.2 Å². The molecule has 0 radical (unpaired) electrons. The number of methoxy groups -OCH3 is 1. The van der Waals surface area contributed by atoms with Crippen molar-refractivity contribution < 1.29 is 19.4 Å². The lowest BCUT2D eigenvalue weighted by Crippen LogP contribution is -2.18. The summed E-state index contributed by atoms with van der Waals surface area (Å²) in [6.45, 7) is 2.91. The summed E-state index contributed by atoms with van der Waals surface area (Å²) in [7, 11) is 1.58. The van der Waals surface area contributed by atoms with Crippen molar-refractivity contribution in [3.8, 4) is 5.75 Å². The van der Waals surface area contributed by atoms with Crippen LogP contribution in [0.1, 0.15) is 18.1 Å². The fraction of sp³-hybridized carbons (Fsp3) is 0.308. The van der Waals surface area contributed by atoms with Crippen molar-refractivity contribution in [2.45, 2.75) is 13.5 Å². The van der Waals surface area contributed by atoms with E-state index in [4.69, 9.17) is 9.47 Å². The first kappa shape index (κ1) is 13.3. The summed E-state index contributed by atoms with van der Waals surface area (Å²) < 4.78 is 10.4. The molecular formula is C13H15O4-. The van der Waals surface area contributed by atoms with Crippen LogP contribution in [0.15, 0.2) is 24.3 Å². The smallest absolute Gasteiger partial charge is 0.119 e. The standard InChI is InChI=1S/C13H16O4/c1-3-17-9-11-8-12(16-2)6-4-10(11)5-7-13(14)15/h4-8H,3,9H2,1-2H3,(H,14,15)/p-1/b7-5+. The molecule has 4 heteroatoms. The molecule has 0 heterocycles. The van der Waals surface area contributed by atoms with E-state index in [0.29, 0.717) is 19.0 Å². The topological polar surface area (TPSA) is 58.6 Å². The van der Waals surface area contributed by atoms with Gasteiger partial charge in [-0.2, -0.15) is 0 Å². The summed E-state index contributed by atoms with van der Waals surface area (Å²) in [6.07, 6.45) is 2.49. The molecule has 0 bridgehead atoms. The van der Waals surface area contributed by atoms with Crippen molar-refractivity contribution in [2.24, 2.45) is 0 Å². The number of hydrogen-bond acceptors (Lipinski definition) is 4.